The van der Waals surface area contributed by atoms with Gasteiger partial charge in [-0.25, -0.2) is 0 Å². The van der Waals surface area contributed by atoms with Gasteiger partial charge in [0.1, 0.15) is 0 Å². The molecule has 2 unspecified atom stereocenters. The third-order valence-corrected chi connectivity index (χ3v) is 3.80. The van der Waals surface area contributed by atoms with Crippen molar-refractivity contribution in [2.24, 2.45) is 5.92 Å². The molecule has 0 aliphatic heterocycles. The molecule has 1 aliphatic carbocycles. The summed E-state index contributed by atoms with van der Waals surface area (Å²) in [4.78, 5) is 11.9. The fourth-order valence-electron chi connectivity index (χ4n) is 2.38. The zero-order chi connectivity index (χ0) is 13.0. The topological polar surface area (TPSA) is 49.3 Å². The first kappa shape index (κ1) is 13.4. The molecule has 2 rings (SSSR count). The number of halogens is 1. The van der Waals surface area contributed by atoms with Crippen LogP contribution in [0.4, 0.5) is 0 Å². The van der Waals surface area contributed by atoms with Gasteiger partial charge in [0.05, 0.1) is 6.10 Å². The van der Waals surface area contributed by atoms with Crippen LogP contribution in [0.3, 0.4) is 0 Å². The smallest absolute Gasteiger partial charge is 0.251 e. The summed E-state index contributed by atoms with van der Waals surface area (Å²) in [5.74, 6) is 0.508. The van der Waals surface area contributed by atoms with E-state index in [0.29, 0.717) is 18.0 Å². The van der Waals surface area contributed by atoms with Crippen molar-refractivity contribution < 1.29 is 9.90 Å². The second kappa shape index (κ2) is 6.21. The average Bonchev–Trinajstić information content (AvgIpc) is 2.81. The first-order valence-electron chi connectivity index (χ1n) is 6.32. The number of carbonyl (C=O) groups excluding carboxylic acids is 1. The van der Waals surface area contributed by atoms with E-state index in [4.69, 9.17) is 11.6 Å². The standard InChI is InChI=1S/C14H18ClNO2/c15-8-10-3-1-4-11(7-10)14(18)16-9-12-5-2-6-13(12)17/h1,3-4,7,12-13,17H,2,5-6,8-9H2,(H,16,18). The molecule has 98 valence electrons. The van der Waals surface area contributed by atoms with Crippen LogP contribution in [0, 0.1) is 5.92 Å². The Morgan fingerprint density at radius 2 is 2.28 bits per heavy atom. The summed E-state index contributed by atoms with van der Waals surface area (Å²) in [6.45, 7) is 0.547. The molecule has 0 spiro atoms. The van der Waals surface area contributed by atoms with Crippen LogP contribution in [0.5, 0.6) is 0 Å². The summed E-state index contributed by atoms with van der Waals surface area (Å²) in [6.07, 6.45) is 2.62. The van der Waals surface area contributed by atoms with E-state index in [1.54, 1.807) is 12.1 Å². The number of benzene rings is 1. The van der Waals surface area contributed by atoms with E-state index in [2.05, 4.69) is 5.32 Å². The molecule has 0 aromatic heterocycles. The van der Waals surface area contributed by atoms with E-state index in [9.17, 15) is 9.90 Å². The Bertz CT molecular complexity index is 422. The van der Waals surface area contributed by atoms with Crippen molar-refractivity contribution in [1.82, 2.24) is 5.32 Å². The highest BCUT2D eigenvalue weighted by molar-refractivity contribution is 6.17. The Kier molecular flexibility index (Phi) is 4.61. The molecule has 1 aromatic rings. The molecule has 0 heterocycles. The van der Waals surface area contributed by atoms with E-state index in [1.807, 2.05) is 12.1 Å². The first-order chi connectivity index (χ1) is 8.70. The van der Waals surface area contributed by atoms with Crippen LogP contribution in [-0.2, 0) is 5.88 Å². The normalized spacial score (nSPS) is 23.0. The van der Waals surface area contributed by atoms with E-state index in [1.165, 1.54) is 0 Å². The number of alkyl halides is 1. The first-order valence-corrected chi connectivity index (χ1v) is 6.85. The van der Waals surface area contributed by atoms with Gasteiger partial charge < -0.3 is 10.4 Å². The van der Waals surface area contributed by atoms with Crippen LogP contribution in [0.1, 0.15) is 35.2 Å². The van der Waals surface area contributed by atoms with Gasteiger partial charge in [-0.2, -0.15) is 0 Å². The molecule has 1 fully saturated rings. The van der Waals surface area contributed by atoms with Crippen molar-refractivity contribution >= 4 is 17.5 Å². The lowest BCUT2D eigenvalue weighted by atomic mass is 10.1. The minimum Gasteiger partial charge on any atom is -0.393 e. The fraction of sp³-hybridized carbons (Fsp3) is 0.500. The summed E-state index contributed by atoms with van der Waals surface area (Å²) >= 11 is 5.74. The predicted octanol–water partition coefficient (Wildman–Crippen LogP) is 2.32. The molecule has 1 aliphatic rings. The maximum Gasteiger partial charge on any atom is 0.251 e. The van der Waals surface area contributed by atoms with Gasteiger partial charge in [0.25, 0.3) is 5.91 Å². The minimum atomic E-state index is -0.264. The Labute approximate surface area is 112 Å². The molecule has 1 saturated carbocycles. The maximum absolute atomic E-state index is 11.9. The van der Waals surface area contributed by atoms with Crippen molar-refractivity contribution in [3.8, 4) is 0 Å². The number of aliphatic hydroxyl groups excluding tert-OH is 1. The van der Waals surface area contributed by atoms with Crippen molar-refractivity contribution in [3.63, 3.8) is 0 Å². The second-order valence-electron chi connectivity index (χ2n) is 4.80. The summed E-state index contributed by atoms with van der Waals surface area (Å²) in [7, 11) is 0. The summed E-state index contributed by atoms with van der Waals surface area (Å²) in [5, 5.41) is 12.6. The van der Waals surface area contributed by atoms with Gasteiger partial charge >= 0.3 is 0 Å². The van der Waals surface area contributed by atoms with E-state index in [-0.39, 0.29) is 17.9 Å². The van der Waals surface area contributed by atoms with Crippen molar-refractivity contribution in [2.75, 3.05) is 6.54 Å². The third-order valence-electron chi connectivity index (χ3n) is 3.49. The Hall–Kier alpha value is -1.06. The lowest BCUT2D eigenvalue weighted by molar-refractivity contribution is 0.0916. The van der Waals surface area contributed by atoms with Crippen molar-refractivity contribution in [2.45, 2.75) is 31.2 Å². The van der Waals surface area contributed by atoms with Gasteiger partial charge in [-0.05, 0) is 30.5 Å². The van der Waals surface area contributed by atoms with Crippen LogP contribution in [0.25, 0.3) is 0 Å². The molecule has 2 atom stereocenters. The van der Waals surface area contributed by atoms with E-state index in [0.717, 1.165) is 24.8 Å². The van der Waals surface area contributed by atoms with Crippen molar-refractivity contribution in [1.29, 1.82) is 0 Å². The highest BCUT2D eigenvalue weighted by Crippen LogP contribution is 2.24. The third kappa shape index (κ3) is 3.24. The van der Waals surface area contributed by atoms with Crippen LogP contribution < -0.4 is 5.32 Å². The highest BCUT2D eigenvalue weighted by atomic mass is 35.5. The number of aliphatic hydroxyl groups is 1. The molecule has 18 heavy (non-hydrogen) atoms. The highest BCUT2D eigenvalue weighted by Gasteiger charge is 2.25. The van der Waals surface area contributed by atoms with Gasteiger partial charge in [0.2, 0.25) is 0 Å². The molecule has 1 aromatic carbocycles. The van der Waals surface area contributed by atoms with Gasteiger partial charge in [0, 0.05) is 23.9 Å². The van der Waals surface area contributed by atoms with Crippen molar-refractivity contribution in [3.05, 3.63) is 35.4 Å². The molecule has 4 heteroatoms. The van der Waals surface area contributed by atoms with Gasteiger partial charge in [-0.1, -0.05) is 18.6 Å². The molecular weight excluding hydrogens is 250 g/mol. The largest absolute Gasteiger partial charge is 0.393 e. The zero-order valence-corrected chi connectivity index (χ0v) is 11.0. The van der Waals surface area contributed by atoms with E-state index < -0.39 is 0 Å². The van der Waals surface area contributed by atoms with Crippen LogP contribution in [0.2, 0.25) is 0 Å². The number of hydrogen-bond donors (Lipinski definition) is 2. The zero-order valence-electron chi connectivity index (χ0n) is 10.2. The number of hydrogen-bond acceptors (Lipinski definition) is 2. The molecule has 0 saturated heterocycles. The number of rotatable bonds is 4. The van der Waals surface area contributed by atoms with E-state index >= 15 is 0 Å². The average molecular weight is 268 g/mol. The van der Waals surface area contributed by atoms with Crippen LogP contribution >= 0.6 is 11.6 Å². The summed E-state index contributed by atoms with van der Waals surface area (Å²) < 4.78 is 0. The number of carbonyl (C=O) groups is 1. The minimum absolute atomic E-state index is 0.0962. The van der Waals surface area contributed by atoms with Crippen LogP contribution in [-0.4, -0.2) is 23.7 Å². The van der Waals surface area contributed by atoms with Gasteiger partial charge in [-0.3, -0.25) is 4.79 Å². The molecule has 3 nitrogen and oxygen atoms in total. The number of nitrogens with one attached hydrogen (secondary N) is 1. The second-order valence-corrected chi connectivity index (χ2v) is 5.07. The SMILES string of the molecule is O=C(NCC1CCCC1O)c1cccc(CCl)c1. The molecule has 0 radical (unpaired) electrons. The predicted molar refractivity (Wildman–Crippen MR) is 71.7 cm³/mol. The molecule has 0 bridgehead atoms. The lowest BCUT2D eigenvalue weighted by Gasteiger charge is -2.15. The van der Waals surface area contributed by atoms with Crippen LogP contribution in [0.15, 0.2) is 24.3 Å². The quantitative estimate of drug-likeness (QED) is 0.823. The summed E-state index contributed by atoms with van der Waals surface area (Å²) in [5.41, 5.74) is 1.56. The lowest BCUT2D eigenvalue weighted by Crippen LogP contribution is -2.32. The van der Waals surface area contributed by atoms with Gasteiger partial charge in [-0.15, -0.1) is 11.6 Å². The Balaban J connectivity index is 1.90. The van der Waals surface area contributed by atoms with Gasteiger partial charge in [0.15, 0.2) is 0 Å². The molecular formula is C14H18ClNO2. The monoisotopic (exact) mass is 267 g/mol. The summed E-state index contributed by atoms with van der Waals surface area (Å²) in [6, 6.07) is 7.30. The Morgan fingerprint density at radius 1 is 1.44 bits per heavy atom. The maximum atomic E-state index is 11.9. The molecule has 1 amide bonds. The number of amides is 1. The molecule has 2 N–H and O–H groups in total. The Morgan fingerprint density at radius 3 is 2.94 bits per heavy atom. The fourth-order valence-corrected chi connectivity index (χ4v) is 2.54.